The van der Waals surface area contributed by atoms with Gasteiger partial charge in [0.05, 0.1) is 31.1 Å². The summed E-state index contributed by atoms with van der Waals surface area (Å²) in [7, 11) is 0. The lowest BCUT2D eigenvalue weighted by Gasteiger charge is -2.09. The van der Waals surface area contributed by atoms with Crippen molar-refractivity contribution < 1.29 is 27.8 Å². The van der Waals surface area contributed by atoms with Crippen LogP contribution in [0.3, 0.4) is 0 Å². The maximum absolute atomic E-state index is 12.4. The number of aromatic nitrogens is 4. The molecular weight excluding hydrogens is 463 g/mol. The van der Waals surface area contributed by atoms with E-state index in [4.69, 9.17) is 15.6 Å². The second-order valence-corrected chi connectivity index (χ2v) is 7.83. The van der Waals surface area contributed by atoms with Gasteiger partial charge in [-0.1, -0.05) is 18.2 Å². The Morgan fingerprint density at radius 2 is 1.94 bits per heavy atom. The molecule has 0 radical (unpaired) electrons. The minimum Gasteiger partial charge on any atom is -0.486 e. The van der Waals surface area contributed by atoms with E-state index < -0.39 is 24.8 Å². The van der Waals surface area contributed by atoms with Crippen molar-refractivity contribution in [2.75, 3.05) is 18.9 Å². The van der Waals surface area contributed by atoms with E-state index in [0.717, 1.165) is 11.3 Å². The molecule has 3 heterocycles. The van der Waals surface area contributed by atoms with Crippen molar-refractivity contribution in [3.8, 4) is 28.4 Å². The van der Waals surface area contributed by atoms with Crippen LogP contribution in [-0.4, -0.2) is 49.6 Å². The van der Waals surface area contributed by atoms with Crippen LogP contribution in [0.15, 0.2) is 55.0 Å². The highest BCUT2D eigenvalue weighted by atomic mass is 19.4. The number of hydrogen-bond donors (Lipinski definition) is 2. The van der Waals surface area contributed by atoms with Crippen LogP contribution in [0.5, 0.6) is 5.75 Å². The molecule has 0 bridgehead atoms. The van der Waals surface area contributed by atoms with Gasteiger partial charge >= 0.3 is 6.18 Å². The lowest BCUT2D eigenvalue weighted by molar-refractivity contribution is -0.143. The zero-order valence-corrected chi connectivity index (χ0v) is 18.5. The number of nitrogens with two attached hydrogens (primary N) is 1. The number of nitrogen functional groups attached to an aromatic ring is 1. The minimum absolute atomic E-state index is 0.0679. The van der Waals surface area contributed by atoms with E-state index in [1.54, 1.807) is 42.7 Å². The average Bonchev–Trinajstić information content (AvgIpc) is 3.25. The molecule has 4 rings (SSSR count). The van der Waals surface area contributed by atoms with E-state index in [-0.39, 0.29) is 31.2 Å². The first-order chi connectivity index (χ1) is 16.7. The number of Topliss-reactive ketones (excluding diaryl/α,β-unsaturated/α-hetero) is 1. The molecular formula is C24H22F3N5O3. The number of nitrogens with zero attached hydrogens (tertiary/aromatic N) is 4. The SMILES string of the molecule is Nc1nc(-c2ccn3c(-c4cccc(CC(=O)CCC(F)(F)F)c4)cnc3c2)ncc1OCCO. The fourth-order valence-corrected chi connectivity index (χ4v) is 3.56. The van der Waals surface area contributed by atoms with E-state index >= 15 is 0 Å². The number of benzene rings is 1. The first-order valence-corrected chi connectivity index (χ1v) is 10.7. The monoisotopic (exact) mass is 485 g/mol. The molecule has 8 nitrogen and oxygen atoms in total. The molecule has 0 aliphatic rings. The normalized spacial score (nSPS) is 11.7. The summed E-state index contributed by atoms with van der Waals surface area (Å²) in [6, 6.07) is 10.7. The Balaban J connectivity index is 1.55. The lowest BCUT2D eigenvalue weighted by Crippen LogP contribution is -2.12. The molecule has 0 saturated carbocycles. The van der Waals surface area contributed by atoms with Gasteiger partial charge in [0.25, 0.3) is 0 Å². The summed E-state index contributed by atoms with van der Waals surface area (Å²) in [4.78, 5) is 24.9. The Kier molecular flexibility index (Phi) is 6.97. The van der Waals surface area contributed by atoms with E-state index in [0.29, 0.717) is 22.6 Å². The molecule has 0 aliphatic carbocycles. The van der Waals surface area contributed by atoms with Crippen LogP contribution in [-0.2, 0) is 11.2 Å². The van der Waals surface area contributed by atoms with Crippen molar-refractivity contribution >= 4 is 17.2 Å². The van der Waals surface area contributed by atoms with Crippen LogP contribution in [0, 0.1) is 0 Å². The summed E-state index contributed by atoms with van der Waals surface area (Å²) in [5.41, 5.74) is 9.38. The Hall–Kier alpha value is -3.99. The fraction of sp³-hybridized carbons (Fsp3) is 0.250. The zero-order valence-electron chi connectivity index (χ0n) is 18.5. The molecule has 182 valence electrons. The topological polar surface area (TPSA) is 116 Å². The maximum Gasteiger partial charge on any atom is 0.389 e. The molecule has 11 heteroatoms. The summed E-state index contributed by atoms with van der Waals surface area (Å²) < 4.78 is 44.3. The molecule has 1 aromatic carbocycles. The van der Waals surface area contributed by atoms with Crippen molar-refractivity contribution in [3.63, 3.8) is 0 Å². The molecule has 4 aromatic rings. The Bertz CT molecular complexity index is 1350. The van der Waals surface area contributed by atoms with Gasteiger partial charge in [-0.15, -0.1) is 0 Å². The number of ketones is 1. The zero-order chi connectivity index (χ0) is 25.0. The van der Waals surface area contributed by atoms with E-state index in [2.05, 4.69) is 15.0 Å². The standard InChI is InChI=1S/C24H22F3N5O3/c25-24(26,27)6-4-18(34)11-15-2-1-3-16(10-15)19-13-29-21-12-17(5-7-32(19)21)23-30-14-20(22(28)31-23)35-9-8-33/h1-3,5,7,10,12-14,33H,4,6,8-9,11H2,(H2,28,30,31). The molecule has 0 saturated heterocycles. The van der Waals surface area contributed by atoms with Crippen LogP contribution in [0.25, 0.3) is 28.3 Å². The average molecular weight is 485 g/mol. The summed E-state index contributed by atoms with van der Waals surface area (Å²) in [5.74, 6) is 0.345. The number of imidazole rings is 1. The van der Waals surface area contributed by atoms with Crippen molar-refractivity contribution in [3.05, 3.63) is 60.6 Å². The van der Waals surface area contributed by atoms with Gasteiger partial charge in [-0.2, -0.15) is 13.2 Å². The molecule has 0 atom stereocenters. The summed E-state index contributed by atoms with van der Waals surface area (Å²) >= 11 is 0. The second-order valence-electron chi connectivity index (χ2n) is 7.83. The number of alkyl halides is 3. The molecule has 3 N–H and O–H groups in total. The second kappa shape index (κ2) is 10.1. The smallest absolute Gasteiger partial charge is 0.389 e. The largest absolute Gasteiger partial charge is 0.486 e. The predicted octanol–water partition coefficient (Wildman–Crippen LogP) is 3.87. The van der Waals surface area contributed by atoms with Gasteiger partial charge in [0.15, 0.2) is 17.4 Å². The number of aliphatic hydroxyl groups is 1. The molecule has 0 amide bonds. The minimum atomic E-state index is -4.35. The van der Waals surface area contributed by atoms with Crippen molar-refractivity contribution in [1.29, 1.82) is 0 Å². The fourth-order valence-electron chi connectivity index (χ4n) is 3.56. The van der Waals surface area contributed by atoms with Crippen molar-refractivity contribution in [2.24, 2.45) is 0 Å². The van der Waals surface area contributed by atoms with E-state index in [1.807, 2.05) is 10.5 Å². The Morgan fingerprint density at radius 1 is 1.11 bits per heavy atom. The third kappa shape index (κ3) is 5.93. The number of rotatable bonds is 9. The number of pyridine rings is 1. The quantitative estimate of drug-likeness (QED) is 0.370. The third-order valence-corrected chi connectivity index (χ3v) is 5.21. The number of fused-ring (bicyclic) bond motifs is 1. The Morgan fingerprint density at radius 3 is 2.69 bits per heavy atom. The van der Waals surface area contributed by atoms with Gasteiger partial charge in [-0.3, -0.25) is 9.20 Å². The molecule has 0 fully saturated rings. The summed E-state index contributed by atoms with van der Waals surface area (Å²) in [5, 5.41) is 8.87. The van der Waals surface area contributed by atoms with E-state index in [9.17, 15) is 18.0 Å². The highest BCUT2D eigenvalue weighted by Crippen LogP contribution is 2.27. The molecule has 0 spiro atoms. The number of anilines is 1. The number of halogens is 3. The number of ether oxygens (including phenoxy) is 1. The predicted molar refractivity (Wildman–Crippen MR) is 123 cm³/mol. The summed E-state index contributed by atoms with van der Waals surface area (Å²) in [6.45, 7) is -0.0734. The first kappa shape index (κ1) is 24.1. The van der Waals surface area contributed by atoms with Crippen LogP contribution >= 0.6 is 0 Å². The van der Waals surface area contributed by atoms with Crippen LogP contribution in [0.1, 0.15) is 18.4 Å². The number of carbonyl (C=O) groups excluding carboxylic acids is 1. The molecule has 0 aliphatic heterocycles. The highest BCUT2D eigenvalue weighted by Gasteiger charge is 2.27. The van der Waals surface area contributed by atoms with Gasteiger partial charge in [0.1, 0.15) is 18.0 Å². The first-order valence-electron chi connectivity index (χ1n) is 10.7. The van der Waals surface area contributed by atoms with Gasteiger partial charge in [0, 0.05) is 30.2 Å². The van der Waals surface area contributed by atoms with E-state index in [1.165, 1.54) is 6.20 Å². The van der Waals surface area contributed by atoms with Crippen molar-refractivity contribution in [1.82, 2.24) is 19.4 Å². The van der Waals surface area contributed by atoms with Crippen LogP contribution in [0.2, 0.25) is 0 Å². The van der Waals surface area contributed by atoms with Gasteiger partial charge in [-0.05, 0) is 23.8 Å². The number of hydrogen-bond acceptors (Lipinski definition) is 7. The van der Waals surface area contributed by atoms with Crippen molar-refractivity contribution in [2.45, 2.75) is 25.4 Å². The van der Waals surface area contributed by atoms with Crippen LogP contribution < -0.4 is 10.5 Å². The molecule has 35 heavy (non-hydrogen) atoms. The van der Waals surface area contributed by atoms with Gasteiger partial charge < -0.3 is 15.6 Å². The van der Waals surface area contributed by atoms with Crippen LogP contribution in [0.4, 0.5) is 19.0 Å². The Labute approximate surface area is 198 Å². The van der Waals surface area contributed by atoms with Gasteiger partial charge in [0.2, 0.25) is 0 Å². The lowest BCUT2D eigenvalue weighted by atomic mass is 10.0. The van der Waals surface area contributed by atoms with Gasteiger partial charge in [-0.25, -0.2) is 15.0 Å². The molecule has 3 aromatic heterocycles. The number of aliphatic hydroxyl groups excluding tert-OH is 1. The maximum atomic E-state index is 12.4. The third-order valence-electron chi connectivity index (χ3n) is 5.21. The summed E-state index contributed by atoms with van der Waals surface area (Å²) in [6.07, 6.45) is -1.16. The highest BCUT2D eigenvalue weighted by molar-refractivity contribution is 5.81. The molecule has 0 unspecified atom stereocenters. The number of carbonyl (C=O) groups is 1.